The van der Waals surface area contributed by atoms with Gasteiger partial charge in [-0.15, -0.1) is 0 Å². The summed E-state index contributed by atoms with van der Waals surface area (Å²) in [5.74, 6) is -0.0651. The summed E-state index contributed by atoms with van der Waals surface area (Å²) in [4.78, 5) is 17.7. The van der Waals surface area contributed by atoms with Crippen molar-refractivity contribution >= 4 is 16.8 Å². The van der Waals surface area contributed by atoms with E-state index in [0.29, 0.717) is 45.9 Å². The first-order chi connectivity index (χ1) is 12.2. The zero-order chi connectivity index (χ0) is 18.1. The van der Waals surface area contributed by atoms with Gasteiger partial charge in [0.1, 0.15) is 0 Å². The van der Waals surface area contributed by atoms with Crippen molar-refractivity contribution in [3.05, 3.63) is 36.0 Å². The average molecular weight is 347 g/mol. The molecule has 1 amide bonds. The van der Waals surface area contributed by atoms with Crippen LogP contribution in [0.5, 0.6) is 0 Å². The van der Waals surface area contributed by atoms with Gasteiger partial charge in [0, 0.05) is 43.4 Å². The van der Waals surface area contributed by atoms with Crippen LogP contribution in [0.25, 0.3) is 10.9 Å². The fraction of sp³-hybridized carbons (Fsp3) is 0.526. The normalized spacial score (nSPS) is 12.4. The zero-order valence-corrected chi connectivity index (χ0v) is 15.2. The molecule has 0 aliphatic rings. The Bertz CT molecular complexity index is 646. The highest BCUT2D eigenvalue weighted by Crippen LogP contribution is 2.19. The molecule has 0 saturated carbocycles. The minimum atomic E-state index is -0.581. The summed E-state index contributed by atoms with van der Waals surface area (Å²) in [5.41, 5.74) is 8.34. The summed E-state index contributed by atoms with van der Waals surface area (Å²) in [6.07, 6.45) is 2.44. The number of para-hydroxylation sites is 1. The number of aromatic nitrogens is 1. The molecule has 25 heavy (non-hydrogen) atoms. The van der Waals surface area contributed by atoms with Crippen LogP contribution < -0.4 is 5.73 Å². The number of benzene rings is 1. The molecule has 0 fully saturated rings. The number of fused-ring (bicyclic) bond motifs is 1. The smallest absolute Gasteiger partial charge is 0.239 e. The van der Waals surface area contributed by atoms with E-state index in [1.54, 1.807) is 4.90 Å². The van der Waals surface area contributed by atoms with Crippen LogP contribution in [0, 0.1) is 0 Å². The molecule has 2 rings (SSSR count). The lowest BCUT2D eigenvalue weighted by Gasteiger charge is -2.25. The van der Waals surface area contributed by atoms with Gasteiger partial charge in [0.15, 0.2) is 0 Å². The van der Waals surface area contributed by atoms with Gasteiger partial charge in [0.2, 0.25) is 5.91 Å². The second-order valence-corrected chi connectivity index (χ2v) is 5.89. The molecule has 0 spiro atoms. The first-order valence-corrected chi connectivity index (χ1v) is 8.92. The van der Waals surface area contributed by atoms with Crippen molar-refractivity contribution in [2.45, 2.75) is 26.3 Å². The van der Waals surface area contributed by atoms with Crippen LogP contribution in [0.4, 0.5) is 0 Å². The maximum Gasteiger partial charge on any atom is 0.239 e. The molecular weight excluding hydrogens is 318 g/mol. The first kappa shape index (κ1) is 19.4. The first-order valence-electron chi connectivity index (χ1n) is 8.92. The monoisotopic (exact) mass is 347 g/mol. The average Bonchev–Trinajstić information content (AvgIpc) is 3.03. The van der Waals surface area contributed by atoms with Gasteiger partial charge in [-0.1, -0.05) is 18.2 Å². The molecule has 0 aliphatic carbocycles. The Hall–Kier alpha value is -1.89. The largest absolute Gasteiger partial charge is 0.380 e. The third-order valence-electron chi connectivity index (χ3n) is 4.16. The number of carbonyl (C=O) groups excluding carboxylic acids is 1. The lowest BCUT2D eigenvalue weighted by molar-refractivity contribution is -0.134. The van der Waals surface area contributed by atoms with E-state index >= 15 is 0 Å². The number of H-pyrrole nitrogens is 1. The quantitative estimate of drug-likeness (QED) is 0.609. The molecule has 0 unspecified atom stereocenters. The van der Waals surface area contributed by atoms with Gasteiger partial charge in [-0.25, -0.2) is 0 Å². The number of ether oxygens (including phenoxy) is 2. The van der Waals surface area contributed by atoms with Gasteiger partial charge >= 0.3 is 0 Å². The van der Waals surface area contributed by atoms with Crippen molar-refractivity contribution in [1.29, 1.82) is 0 Å². The van der Waals surface area contributed by atoms with Crippen molar-refractivity contribution in [2.75, 3.05) is 39.5 Å². The summed E-state index contributed by atoms with van der Waals surface area (Å²) in [6, 6.07) is 7.45. The molecule has 0 bridgehead atoms. The molecule has 0 aliphatic heterocycles. The second kappa shape index (κ2) is 10.2. The van der Waals surface area contributed by atoms with Crippen molar-refractivity contribution in [3.63, 3.8) is 0 Å². The highest BCUT2D eigenvalue weighted by atomic mass is 16.5. The van der Waals surface area contributed by atoms with Gasteiger partial charge in [-0.3, -0.25) is 4.79 Å². The van der Waals surface area contributed by atoms with Gasteiger partial charge in [0.05, 0.1) is 19.3 Å². The number of carbonyl (C=O) groups is 1. The summed E-state index contributed by atoms with van der Waals surface area (Å²) >= 11 is 0. The molecule has 6 nitrogen and oxygen atoms in total. The fourth-order valence-corrected chi connectivity index (χ4v) is 2.83. The minimum absolute atomic E-state index is 0.0651. The molecule has 2 aromatic rings. The number of nitrogens with two attached hydrogens (primary N) is 1. The molecule has 1 aromatic heterocycles. The molecule has 6 heteroatoms. The summed E-state index contributed by atoms with van der Waals surface area (Å²) in [5, 5.41) is 1.11. The number of amides is 1. The Kier molecular flexibility index (Phi) is 7.91. The van der Waals surface area contributed by atoms with E-state index in [4.69, 9.17) is 15.2 Å². The number of hydrogen-bond acceptors (Lipinski definition) is 4. The van der Waals surface area contributed by atoms with Crippen LogP contribution in [-0.4, -0.2) is 61.3 Å². The van der Waals surface area contributed by atoms with Crippen molar-refractivity contribution in [3.8, 4) is 0 Å². The number of nitrogens with zero attached hydrogens (tertiary/aromatic N) is 1. The molecule has 0 radical (unpaired) electrons. The van der Waals surface area contributed by atoms with E-state index in [9.17, 15) is 4.79 Å². The van der Waals surface area contributed by atoms with Gasteiger partial charge in [0.25, 0.3) is 0 Å². The van der Waals surface area contributed by atoms with Crippen LogP contribution in [0.3, 0.4) is 0 Å². The molecule has 138 valence electrons. The fourth-order valence-electron chi connectivity index (χ4n) is 2.83. The topological polar surface area (TPSA) is 80.6 Å². The Morgan fingerprint density at radius 2 is 1.80 bits per heavy atom. The van der Waals surface area contributed by atoms with Gasteiger partial charge < -0.3 is 25.1 Å². The zero-order valence-electron chi connectivity index (χ0n) is 15.2. The van der Waals surface area contributed by atoms with Crippen LogP contribution in [0.15, 0.2) is 30.5 Å². The second-order valence-electron chi connectivity index (χ2n) is 5.89. The molecule has 1 heterocycles. The van der Waals surface area contributed by atoms with Crippen molar-refractivity contribution in [2.24, 2.45) is 5.73 Å². The minimum Gasteiger partial charge on any atom is -0.380 e. The van der Waals surface area contributed by atoms with E-state index < -0.39 is 6.04 Å². The highest BCUT2D eigenvalue weighted by Gasteiger charge is 2.22. The Labute approximate surface area is 149 Å². The van der Waals surface area contributed by atoms with E-state index in [2.05, 4.69) is 4.98 Å². The number of nitrogens with one attached hydrogen (secondary N) is 1. The van der Waals surface area contributed by atoms with Crippen LogP contribution in [0.2, 0.25) is 0 Å². The summed E-state index contributed by atoms with van der Waals surface area (Å²) < 4.78 is 10.8. The lowest BCUT2D eigenvalue weighted by Crippen LogP contribution is -2.47. The number of aromatic amines is 1. The van der Waals surface area contributed by atoms with E-state index in [0.717, 1.165) is 16.5 Å². The maximum atomic E-state index is 12.8. The molecule has 1 aromatic carbocycles. The summed E-state index contributed by atoms with van der Waals surface area (Å²) in [7, 11) is 0. The third-order valence-corrected chi connectivity index (χ3v) is 4.16. The van der Waals surface area contributed by atoms with E-state index in [1.807, 2.05) is 44.3 Å². The highest BCUT2D eigenvalue weighted by molar-refractivity contribution is 5.86. The Balaban J connectivity index is 2.00. The molecule has 1 atom stereocenters. The van der Waals surface area contributed by atoms with Gasteiger partial charge in [-0.2, -0.15) is 0 Å². The van der Waals surface area contributed by atoms with Crippen LogP contribution in [-0.2, 0) is 20.7 Å². The predicted molar refractivity (Wildman–Crippen MR) is 99.5 cm³/mol. The van der Waals surface area contributed by atoms with Crippen molar-refractivity contribution < 1.29 is 14.3 Å². The molecular formula is C19H29N3O3. The third kappa shape index (κ3) is 5.56. The lowest BCUT2D eigenvalue weighted by atomic mass is 10.0. The van der Waals surface area contributed by atoms with E-state index in [1.165, 1.54) is 0 Å². The number of rotatable bonds is 11. The number of hydrogen-bond donors (Lipinski definition) is 2. The van der Waals surface area contributed by atoms with Crippen LogP contribution >= 0.6 is 0 Å². The predicted octanol–water partition coefficient (Wildman–Crippen LogP) is 1.94. The Morgan fingerprint density at radius 3 is 2.44 bits per heavy atom. The summed E-state index contributed by atoms with van der Waals surface area (Å²) in [6.45, 7) is 7.22. The van der Waals surface area contributed by atoms with E-state index in [-0.39, 0.29) is 5.91 Å². The van der Waals surface area contributed by atoms with Crippen LogP contribution in [0.1, 0.15) is 19.4 Å². The van der Waals surface area contributed by atoms with Crippen molar-refractivity contribution in [1.82, 2.24) is 9.88 Å². The standard InChI is InChI=1S/C19H29N3O3/c1-3-24-11-9-22(10-12-25-4-2)19(23)17(20)13-15-14-21-18-8-6-5-7-16(15)18/h5-8,14,17,21H,3-4,9-13,20H2,1-2H3/t17-/m0/s1. The molecule has 3 N–H and O–H groups in total. The SMILES string of the molecule is CCOCCN(CCOCC)C(=O)[C@@H](N)Cc1c[nH]c2ccccc12. The van der Waals surface area contributed by atoms with Gasteiger partial charge in [-0.05, 0) is 31.9 Å². The molecule has 0 saturated heterocycles. The Morgan fingerprint density at radius 1 is 1.16 bits per heavy atom. The maximum absolute atomic E-state index is 12.8.